The number of ether oxygens (including phenoxy) is 4. The largest absolute Gasteiger partial charge is 0.472 e. The fourth-order valence-electron chi connectivity index (χ4n) is 10.1. The zero-order valence-corrected chi connectivity index (χ0v) is 57.2. The Hall–Kier alpha value is -1.94. The molecule has 5 atom stereocenters. The minimum Gasteiger partial charge on any atom is -0.462 e. The van der Waals surface area contributed by atoms with E-state index >= 15 is 0 Å². The van der Waals surface area contributed by atoms with Crippen molar-refractivity contribution in [2.75, 3.05) is 39.6 Å². The lowest BCUT2D eigenvalue weighted by Gasteiger charge is -2.21. The molecule has 3 N–H and O–H groups in total. The van der Waals surface area contributed by atoms with Crippen molar-refractivity contribution in [3.63, 3.8) is 0 Å². The second kappa shape index (κ2) is 60.6. The molecule has 0 aromatic heterocycles. The maximum atomic E-state index is 13.0. The fourth-order valence-corrected chi connectivity index (χ4v) is 11.7. The molecule has 0 rings (SSSR count). The van der Waals surface area contributed by atoms with E-state index in [0.29, 0.717) is 31.6 Å². The number of aliphatic hydroxyl groups is 1. The van der Waals surface area contributed by atoms with E-state index in [9.17, 15) is 43.2 Å². The molecule has 2 unspecified atom stereocenters. The van der Waals surface area contributed by atoms with Crippen molar-refractivity contribution in [1.29, 1.82) is 0 Å². The quantitative estimate of drug-likeness (QED) is 0.0222. The summed E-state index contributed by atoms with van der Waals surface area (Å²) >= 11 is 0. The molecular weight excluding hydrogens is 1140 g/mol. The first-order valence-corrected chi connectivity index (χ1v) is 38.1. The first-order chi connectivity index (χ1) is 41.5. The van der Waals surface area contributed by atoms with Gasteiger partial charge >= 0.3 is 39.5 Å². The Morgan fingerprint density at radius 2 is 0.535 bits per heavy atom. The second-order valence-electron chi connectivity index (χ2n) is 24.7. The third kappa shape index (κ3) is 60.9. The van der Waals surface area contributed by atoms with E-state index < -0.39 is 97.5 Å². The molecule has 0 amide bonds. The van der Waals surface area contributed by atoms with Crippen LogP contribution in [-0.2, 0) is 65.4 Å². The van der Waals surface area contributed by atoms with Crippen molar-refractivity contribution in [2.24, 2.45) is 5.92 Å². The Labute approximate surface area is 524 Å². The highest BCUT2D eigenvalue weighted by Crippen LogP contribution is 2.45. The molecule has 0 heterocycles. The van der Waals surface area contributed by atoms with Crippen LogP contribution < -0.4 is 0 Å². The minimum absolute atomic E-state index is 0.104. The van der Waals surface area contributed by atoms with Gasteiger partial charge in [-0.15, -0.1) is 0 Å². The van der Waals surface area contributed by atoms with E-state index in [4.69, 9.17) is 37.0 Å². The van der Waals surface area contributed by atoms with Gasteiger partial charge in [-0.1, -0.05) is 291 Å². The molecule has 19 heteroatoms. The molecule has 0 aliphatic rings. The van der Waals surface area contributed by atoms with Gasteiger partial charge in [0.05, 0.1) is 26.4 Å². The van der Waals surface area contributed by atoms with E-state index in [0.717, 1.165) is 116 Å². The molecule has 0 fully saturated rings. The van der Waals surface area contributed by atoms with Crippen LogP contribution in [0.1, 0.15) is 343 Å². The van der Waals surface area contributed by atoms with Gasteiger partial charge < -0.3 is 33.8 Å². The third-order valence-electron chi connectivity index (χ3n) is 15.5. The predicted molar refractivity (Wildman–Crippen MR) is 345 cm³/mol. The van der Waals surface area contributed by atoms with Crippen LogP contribution in [0.5, 0.6) is 0 Å². The van der Waals surface area contributed by atoms with Crippen LogP contribution >= 0.6 is 15.6 Å². The van der Waals surface area contributed by atoms with Crippen molar-refractivity contribution >= 4 is 39.5 Å². The highest BCUT2D eigenvalue weighted by atomic mass is 31.2. The standard InChI is InChI=1S/C67H130O17P2/c1-6-9-12-15-18-20-21-22-23-24-25-26-27-28-29-30-31-32-33-36-43-48-53-67(72)84-63(57-78-65(70)51-46-41-38-37-39-44-49-60(4)5)59-82-86(75,76)80-55-61(68)54-79-85(73,74)81-58-62(56-77-64(69)50-45-40-34-17-14-11-8-3)83-66(71)52-47-42-35-19-16-13-10-7-2/h60-63,68H,6-59H2,1-5H3,(H,73,74)(H,75,76)/t61-,62+,63+/m0/s1. The van der Waals surface area contributed by atoms with Gasteiger partial charge in [-0.25, -0.2) is 9.13 Å². The Morgan fingerprint density at radius 1 is 0.314 bits per heavy atom. The lowest BCUT2D eigenvalue weighted by Crippen LogP contribution is -2.30. The van der Waals surface area contributed by atoms with Crippen LogP contribution in [0.4, 0.5) is 0 Å². The van der Waals surface area contributed by atoms with Crippen LogP contribution in [0.3, 0.4) is 0 Å². The highest BCUT2D eigenvalue weighted by Gasteiger charge is 2.30. The van der Waals surface area contributed by atoms with Crippen LogP contribution in [0.2, 0.25) is 0 Å². The second-order valence-corrected chi connectivity index (χ2v) is 27.6. The third-order valence-corrected chi connectivity index (χ3v) is 17.4. The predicted octanol–water partition coefficient (Wildman–Crippen LogP) is 19.0. The number of esters is 4. The number of carbonyl (C=O) groups is 4. The average molecular weight is 1270 g/mol. The number of unbranched alkanes of at least 4 members (excludes halogenated alkanes) is 39. The highest BCUT2D eigenvalue weighted by molar-refractivity contribution is 7.47. The Bertz CT molecular complexity index is 1670. The molecule has 510 valence electrons. The summed E-state index contributed by atoms with van der Waals surface area (Å²) in [5.74, 6) is -1.46. The maximum Gasteiger partial charge on any atom is 0.472 e. The van der Waals surface area contributed by atoms with E-state index in [1.54, 1.807) is 0 Å². The molecule has 0 saturated heterocycles. The van der Waals surface area contributed by atoms with Crippen LogP contribution in [0.15, 0.2) is 0 Å². The topological polar surface area (TPSA) is 237 Å². The van der Waals surface area contributed by atoms with E-state index in [1.807, 2.05) is 0 Å². The van der Waals surface area contributed by atoms with E-state index in [2.05, 4.69) is 34.6 Å². The number of hydrogen-bond donors (Lipinski definition) is 3. The SMILES string of the molecule is CCCCCCCCCCCCCCCCCCCCCCCCC(=O)O[C@H](COC(=O)CCCCCCCCC(C)C)COP(=O)(O)OC[C@@H](O)COP(=O)(O)OC[C@@H](COC(=O)CCCCCCCCC)OC(=O)CCCCCCCCCC. The summed E-state index contributed by atoms with van der Waals surface area (Å²) in [6.07, 6.45) is 46.5. The van der Waals surface area contributed by atoms with Gasteiger partial charge in [-0.05, 0) is 31.6 Å². The molecule has 0 bridgehead atoms. The first-order valence-electron chi connectivity index (χ1n) is 35.1. The molecule has 0 aliphatic heterocycles. The number of aliphatic hydroxyl groups excluding tert-OH is 1. The summed E-state index contributed by atoms with van der Waals surface area (Å²) in [4.78, 5) is 72.0. The number of carbonyl (C=O) groups excluding carboxylic acids is 4. The number of rotatable bonds is 67. The summed E-state index contributed by atoms with van der Waals surface area (Å²) in [7, 11) is -9.88. The van der Waals surface area contributed by atoms with Crippen molar-refractivity contribution in [2.45, 2.75) is 361 Å². The molecule has 0 aromatic rings. The molecule has 0 aromatic carbocycles. The summed E-state index contributed by atoms with van der Waals surface area (Å²) in [6, 6.07) is 0. The molecule has 0 spiro atoms. The molecule has 86 heavy (non-hydrogen) atoms. The number of hydrogen-bond acceptors (Lipinski definition) is 15. The zero-order valence-electron chi connectivity index (χ0n) is 55.4. The Kier molecular flexibility index (Phi) is 59.2. The van der Waals surface area contributed by atoms with Gasteiger partial charge in [0.1, 0.15) is 19.3 Å². The van der Waals surface area contributed by atoms with Crippen molar-refractivity contribution < 1.29 is 80.2 Å². The minimum atomic E-state index is -4.94. The van der Waals surface area contributed by atoms with Crippen LogP contribution in [0, 0.1) is 5.92 Å². The monoisotopic (exact) mass is 1270 g/mol. The van der Waals surface area contributed by atoms with Crippen LogP contribution in [-0.4, -0.2) is 96.7 Å². The van der Waals surface area contributed by atoms with Gasteiger partial charge in [0.15, 0.2) is 12.2 Å². The first kappa shape index (κ1) is 84.1. The van der Waals surface area contributed by atoms with Gasteiger partial charge in [-0.2, -0.15) is 0 Å². The Morgan fingerprint density at radius 3 is 0.791 bits per heavy atom. The smallest absolute Gasteiger partial charge is 0.462 e. The maximum absolute atomic E-state index is 13.0. The summed E-state index contributed by atoms with van der Waals surface area (Å²) in [6.45, 7) is 7.06. The number of phosphoric ester groups is 2. The van der Waals surface area contributed by atoms with Crippen LogP contribution in [0.25, 0.3) is 0 Å². The van der Waals surface area contributed by atoms with Crippen molar-refractivity contribution in [1.82, 2.24) is 0 Å². The van der Waals surface area contributed by atoms with Gasteiger partial charge in [0.2, 0.25) is 0 Å². The lowest BCUT2D eigenvalue weighted by atomic mass is 10.0. The molecule has 0 radical (unpaired) electrons. The summed E-state index contributed by atoms with van der Waals surface area (Å²) in [5, 5.41) is 10.5. The molecule has 17 nitrogen and oxygen atoms in total. The number of phosphoric acid groups is 2. The zero-order chi connectivity index (χ0) is 63.5. The lowest BCUT2D eigenvalue weighted by molar-refractivity contribution is -0.161. The van der Waals surface area contributed by atoms with Gasteiger partial charge in [0.25, 0.3) is 0 Å². The van der Waals surface area contributed by atoms with Crippen molar-refractivity contribution in [3.05, 3.63) is 0 Å². The van der Waals surface area contributed by atoms with E-state index in [1.165, 1.54) is 141 Å². The van der Waals surface area contributed by atoms with Gasteiger partial charge in [0, 0.05) is 25.7 Å². The summed E-state index contributed by atoms with van der Waals surface area (Å²) < 4.78 is 67.9. The van der Waals surface area contributed by atoms with E-state index in [-0.39, 0.29) is 25.7 Å². The molecule has 0 saturated carbocycles. The van der Waals surface area contributed by atoms with Crippen molar-refractivity contribution in [3.8, 4) is 0 Å². The molecular formula is C67H130O17P2. The fraction of sp³-hybridized carbons (Fsp3) is 0.940. The normalized spacial score (nSPS) is 14.2. The Balaban J connectivity index is 5.05. The molecule has 0 aliphatic carbocycles. The van der Waals surface area contributed by atoms with Gasteiger partial charge in [-0.3, -0.25) is 37.3 Å². The average Bonchev–Trinajstić information content (AvgIpc) is 3.50. The summed E-state index contributed by atoms with van der Waals surface area (Å²) in [5.41, 5.74) is 0.